The first-order valence-corrected chi connectivity index (χ1v) is 13.6. The van der Waals surface area contributed by atoms with Gasteiger partial charge in [-0.3, -0.25) is 14.2 Å². The fourth-order valence-corrected chi connectivity index (χ4v) is 5.52. The molecule has 0 aliphatic carbocycles. The number of carbonyl (C=O) groups excluding carboxylic acids is 1. The van der Waals surface area contributed by atoms with E-state index in [9.17, 15) is 9.59 Å². The summed E-state index contributed by atoms with van der Waals surface area (Å²) in [5.74, 6) is -0.0561. The monoisotopic (exact) mass is 527 g/mol. The summed E-state index contributed by atoms with van der Waals surface area (Å²) in [6, 6.07) is 49.3. The van der Waals surface area contributed by atoms with Gasteiger partial charge < -0.3 is 0 Å². The predicted octanol–water partition coefficient (Wildman–Crippen LogP) is 8.71. The predicted molar refractivity (Wildman–Crippen MR) is 168 cm³/mol. The van der Waals surface area contributed by atoms with Crippen LogP contribution in [0.25, 0.3) is 49.6 Å². The van der Waals surface area contributed by atoms with Gasteiger partial charge in [0, 0.05) is 27.6 Å². The summed E-state index contributed by atoms with van der Waals surface area (Å²) < 4.78 is 1.75. The molecule has 0 saturated carbocycles. The molecule has 0 atom stereocenters. The van der Waals surface area contributed by atoms with Gasteiger partial charge in [-0.1, -0.05) is 109 Å². The molecular formula is C38H25NO2. The average molecular weight is 528 g/mol. The lowest BCUT2D eigenvalue weighted by molar-refractivity contribution is 0.103. The molecule has 7 aromatic rings. The van der Waals surface area contributed by atoms with Crippen molar-refractivity contribution >= 4 is 27.5 Å². The maximum absolute atomic E-state index is 13.8. The van der Waals surface area contributed by atoms with Gasteiger partial charge in [0.2, 0.25) is 0 Å². The zero-order valence-electron chi connectivity index (χ0n) is 22.2. The highest BCUT2D eigenvalue weighted by Crippen LogP contribution is 2.30. The van der Waals surface area contributed by atoms with Gasteiger partial charge in [0.15, 0.2) is 5.78 Å². The van der Waals surface area contributed by atoms with Crippen LogP contribution in [0.15, 0.2) is 156 Å². The lowest BCUT2D eigenvalue weighted by atomic mass is 9.98. The average Bonchev–Trinajstić information content (AvgIpc) is 3.06. The van der Waals surface area contributed by atoms with Crippen molar-refractivity contribution in [2.24, 2.45) is 0 Å². The second-order valence-corrected chi connectivity index (χ2v) is 10.1. The van der Waals surface area contributed by atoms with Gasteiger partial charge in [-0.25, -0.2) is 0 Å². The van der Waals surface area contributed by atoms with E-state index in [1.54, 1.807) is 16.7 Å². The van der Waals surface area contributed by atoms with Crippen LogP contribution >= 0.6 is 0 Å². The summed E-state index contributed by atoms with van der Waals surface area (Å²) >= 11 is 0. The van der Waals surface area contributed by atoms with Crippen LogP contribution in [-0.2, 0) is 0 Å². The lowest BCUT2D eigenvalue weighted by Crippen LogP contribution is -2.19. The normalized spacial score (nSPS) is 11.1. The maximum Gasteiger partial charge on any atom is 0.263 e. The number of rotatable bonds is 5. The Kier molecular flexibility index (Phi) is 6.10. The number of hydrogen-bond acceptors (Lipinski definition) is 2. The Bertz CT molecular complexity index is 2090. The summed E-state index contributed by atoms with van der Waals surface area (Å²) in [7, 11) is 0. The van der Waals surface area contributed by atoms with Gasteiger partial charge in [0.05, 0.1) is 5.52 Å². The van der Waals surface area contributed by atoms with E-state index >= 15 is 0 Å². The Balaban J connectivity index is 1.28. The van der Waals surface area contributed by atoms with E-state index in [0.717, 1.165) is 38.5 Å². The van der Waals surface area contributed by atoms with E-state index in [4.69, 9.17) is 0 Å². The van der Waals surface area contributed by atoms with E-state index in [0.29, 0.717) is 22.2 Å². The zero-order chi connectivity index (χ0) is 27.8. The Morgan fingerprint density at radius 2 is 0.927 bits per heavy atom. The quantitative estimate of drug-likeness (QED) is 0.166. The molecule has 0 aliphatic heterocycles. The fraction of sp³-hybridized carbons (Fsp3) is 0. The highest BCUT2D eigenvalue weighted by atomic mass is 16.1. The molecule has 7 rings (SSSR count). The number of aromatic nitrogens is 1. The topological polar surface area (TPSA) is 39.1 Å². The molecule has 0 unspecified atom stereocenters. The van der Waals surface area contributed by atoms with Crippen LogP contribution in [0.5, 0.6) is 0 Å². The standard InChI is InChI=1S/C38H25NO2/c40-37(29-17-15-28(16-18-29)26-9-3-1-4-10-26)30-19-22-32(23-20-30)39-36-24-21-31(27-11-5-2-6-12-27)25-35(36)33-13-7-8-14-34(33)38(39)41/h1-25H. The van der Waals surface area contributed by atoms with Crippen molar-refractivity contribution in [1.82, 2.24) is 4.57 Å². The van der Waals surface area contributed by atoms with Gasteiger partial charge in [-0.15, -0.1) is 0 Å². The number of hydrogen-bond donors (Lipinski definition) is 0. The molecule has 6 aromatic carbocycles. The number of carbonyl (C=O) groups is 1. The molecule has 194 valence electrons. The Hall–Kier alpha value is -5.54. The Morgan fingerprint density at radius 1 is 0.439 bits per heavy atom. The second kappa shape index (κ2) is 10.2. The molecule has 0 aliphatic rings. The SMILES string of the molecule is O=C(c1ccc(-c2ccccc2)cc1)c1ccc(-n2c(=O)c3ccccc3c3cc(-c4ccccc4)ccc32)cc1. The summed E-state index contributed by atoms with van der Waals surface area (Å²) in [4.78, 5) is 27.1. The van der Waals surface area contributed by atoms with Gasteiger partial charge in [0.25, 0.3) is 5.56 Å². The van der Waals surface area contributed by atoms with Crippen molar-refractivity contribution in [3.8, 4) is 27.9 Å². The molecule has 0 radical (unpaired) electrons. The molecular weight excluding hydrogens is 502 g/mol. The lowest BCUT2D eigenvalue weighted by Gasteiger charge is -2.15. The van der Waals surface area contributed by atoms with E-state index in [-0.39, 0.29) is 11.3 Å². The van der Waals surface area contributed by atoms with Crippen molar-refractivity contribution in [2.75, 3.05) is 0 Å². The fourth-order valence-electron chi connectivity index (χ4n) is 5.52. The minimum atomic E-state index is -0.0869. The van der Waals surface area contributed by atoms with Crippen molar-refractivity contribution in [1.29, 1.82) is 0 Å². The molecule has 0 fully saturated rings. The molecule has 0 saturated heterocycles. The van der Waals surface area contributed by atoms with Gasteiger partial charge in [0.1, 0.15) is 0 Å². The molecule has 1 aromatic heterocycles. The first-order valence-electron chi connectivity index (χ1n) is 13.6. The van der Waals surface area contributed by atoms with Crippen LogP contribution in [0.1, 0.15) is 15.9 Å². The minimum Gasteiger partial charge on any atom is -0.289 e. The highest BCUT2D eigenvalue weighted by molar-refractivity contribution is 6.10. The number of nitrogens with zero attached hydrogens (tertiary/aromatic N) is 1. The van der Waals surface area contributed by atoms with Crippen molar-refractivity contribution in [3.05, 3.63) is 173 Å². The third-order valence-electron chi connectivity index (χ3n) is 7.64. The molecule has 0 bridgehead atoms. The zero-order valence-corrected chi connectivity index (χ0v) is 22.2. The number of ketones is 1. The van der Waals surface area contributed by atoms with Crippen molar-refractivity contribution in [2.45, 2.75) is 0 Å². The van der Waals surface area contributed by atoms with Crippen molar-refractivity contribution in [3.63, 3.8) is 0 Å². The number of fused-ring (bicyclic) bond motifs is 3. The third-order valence-corrected chi connectivity index (χ3v) is 7.64. The molecule has 0 spiro atoms. The summed E-state index contributed by atoms with van der Waals surface area (Å²) in [5, 5.41) is 2.58. The molecule has 3 heteroatoms. The first-order chi connectivity index (χ1) is 20.2. The van der Waals surface area contributed by atoms with E-state index in [1.807, 2.05) is 103 Å². The molecule has 0 N–H and O–H groups in total. The van der Waals surface area contributed by atoms with Crippen LogP contribution < -0.4 is 5.56 Å². The molecule has 0 amide bonds. The van der Waals surface area contributed by atoms with Crippen LogP contribution in [0, 0.1) is 0 Å². The summed E-state index contributed by atoms with van der Waals surface area (Å²) in [6.07, 6.45) is 0. The van der Waals surface area contributed by atoms with Gasteiger partial charge >= 0.3 is 0 Å². The number of benzene rings is 6. The van der Waals surface area contributed by atoms with Crippen molar-refractivity contribution < 1.29 is 4.79 Å². The molecule has 41 heavy (non-hydrogen) atoms. The minimum absolute atomic E-state index is 0.0561. The first kappa shape index (κ1) is 24.5. The van der Waals surface area contributed by atoms with E-state index < -0.39 is 0 Å². The number of pyridine rings is 1. The van der Waals surface area contributed by atoms with Crippen LogP contribution in [0.3, 0.4) is 0 Å². The maximum atomic E-state index is 13.8. The third kappa shape index (κ3) is 4.44. The summed E-state index contributed by atoms with van der Waals surface area (Å²) in [5.41, 5.74) is 7.04. The van der Waals surface area contributed by atoms with E-state index in [2.05, 4.69) is 36.4 Å². The Morgan fingerprint density at radius 3 is 1.56 bits per heavy atom. The van der Waals surface area contributed by atoms with Crippen LogP contribution in [0.2, 0.25) is 0 Å². The molecule has 3 nitrogen and oxygen atoms in total. The van der Waals surface area contributed by atoms with Gasteiger partial charge in [-0.2, -0.15) is 0 Å². The van der Waals surface area contributed by atoms with Gasteiger partial charge in [-0.05, 0) is 70.1 Å². The smallest absolute Gasteiger partial charge is 0.263 e. The Labute approximate surface area is 237 Å². The second-order valence-electron chi connectivity index (χ2n) is 10.1. The molecule has 1 heterocycles. The largest absolute Gasteiger partial charge is 0.289 e. The highest BCUT2D eigenvalue weighted by Gasteiger charge is 2.15. The van der Waals surface area contributed by atoms with Crippen LogP contribution in [0.4, 0.5) is 0 Å². The van der Waals surface area contributed by atoms with Crippen LogP contribution in [-0.4, -0.2) is 10.4 Å². The summed E-state index contributed by atoms with van der Waals surface area (Å²) in [6.45, 7) is 0. The van der Waals surface area contributed by atoms with E-state index in [1.165, 1.54) is 0 Å².